The van der Waals surface area contributed by atoms with E-state index >= 15 is 0 Å². The normalized spacial score (nSPS) is 19.2. The number of carbonyl (C=O) groups is 1. The Kier molecular flexibility index (Phi) is 6.23. The molecule has 0 amide bonds. The molecule has 2 aromatic heterocycles. The molecular weight excluding hydrogens is 452 g/mol. The number of fused-ring (bicyclic) bond motifs is 2. The second-order valence-corrected chi connectivity index (χ2v) is 10.5. The van der Waals surface area contributed by atoms with E-state index in [1.807, 2.05) is 12.3 Å². The largest absolute Gasteiger partial charge is 0.380 e. The second kappa shape index (κ2) is 9.80. The molecule has 0 bridgehead atoms. The number of rotatable bonds is 6. The van der Waals surface area contributed by atoms with Gasteiger partial charge in [-0.15, -0.1) is 11.3 Å². The minimum absolute atomic E-state index is 0.125. The number of nitrogens with one attached hydrogen (secondary N) is 1. The van der Waals surface area contributed by atoms with E-state index in [4.69, 9.17) is 4.98 Å². The van der Waals surface area contributed by atoms with Gasteiger partial charge in [-0.25, -0.2) is 4.98 Å². The number of hydrogen-bond donors (Lipinski definition) is 1. The van der Waals surface area contributed by atoms with Crippen LogP contribution in [0, 0.1) is 0 Å². The first-order valence-electron chi connectivity index (χ1n) is 12.5. The Morgan fingerprint density at radius 1 is 1.00 bits per heavy atom. The maximum absolute atomic E-state index is 13.7. The molecule has 1 N–H and O–H groups in total. The van der Waals surface area contributed by atoms with Gasteiger partial charge in [-0.1, -0.05) is 48.5 Å². The third-order valence-corrected chi connectivity index (χ3v) is 8.26. The van der Waals surface area contributed by atoms with Crippen LogP contribution in [0.15, 0.2) is 78.3 Å². The van der Waals surface area contributed by atoms with E-state index in [0.29, 0.717) is 12.2 Å². The van der Waals surface area contributed by atoms with Crippen molar-refractivity contribution in [1.82, 2.24) is 9.88 Å². The van der Waals surface area contributed by atoms with Gasteiger partial charge in [0.05, 0.1) is 6.04 Å². The molecular formula is C29H30N4OS. The first-order chi connectivity index (χ1) is 17.3. The van der Waals surface area contributed by atoms with Crippen LogP contribution in [0.1, 0.15) is 16.9 Å². The molecule has 2 atom stereocenters. The van der Waals surface area contributed by atoms with E-state index in [1.165, 1.54) is 22.0 Å². The van der Waals surface area contributed by atoms with Crippen LogP contribution in [0.2, 0.25) is 0 Å². The molecule has 178 valence electrons. The zero-order valence-corrected chi connectivity index (χ0v) is 20.6. The molecule has 1 fully saturated rings. The maximum Gasteiger partial charge on any atom is 0.157 e. The van der Waals surface area contributed by atoms with E-state index in [1.54, 1.807) is 11.3 Å². The van der Waals surface area contributed by atoms with Crippen molar-refractivity contribution < 1.29 is 4.79 Å². The number of pyridine rings is 1. The molecule has 0 spiro atoms. The summed E-state index contributed by atoms with van der Waals surface area (Å²) in [6, 6.07) is 23.1. The molecule has 4 aromatic rings. The molecule has 0 radical (unpaired) electrons. The number of aryl methyl sites for hydroxylation is 1. The summed E-state index contributed by atoms with van der Waals surface area (Å²) in [7, 11) is 0. The summed E-state index contributed by atoms with van der Waals surface area (Å²) in [5.41, 5.74) is 2.52. The topological polar surface area (TPSA) is 48.5 Å². The number of Topliss-reactive ketones (excluding diaryl/α,β-unsaturated/α-hetero) is 1. The quantitative estimate of drug-likeness (QED) is 0.418. The van der Waals surface area contributed by atoms with Gasteiger partial charge in [-0.05, 0) is 47.4 Å². The Labute approximate surface area is 210 Å². The summed E-state index contributed by atoms with van der Waals surface area (Å²) in [6.07, 6.45) is 4.40. The minimum Gasteiger partial charge on any atom is -0.380 e. The third-order valence-electron chi connectivity index (χ3n) is 7.38. The molecule has 5 nitrogen and oxygen atoms in total. The number of para-hydroxylation sites is 1. The number of thiophene rings is 1. The van der Waals surface area contributed by atoms with E-state index in [9.17, 15) is 4.79 Å². The standard InChI is InChI=1S/C29H30N4OS/c34-27(20-23-8-5-19-35-23)28(26-12-11-22-7-2-4-10-25(22)31-26)32-15-17-33(18-16-32)29-24-9-3-1-6-21(24)13-14-30-29/h1-10,13-14,19,26,28,31H,11-12,15-18,20H2. The van der Waals surface area contributed by atoms with Crippen molar-refractivity contribution in [2.75, 3.05) is 36.4 Å². The zero-order chi connectivity index (χ0) is 23.6. The van der Waals surface area contributed by atoms with Gasteiger partial charge >= 0.3 is 0 Å². The monoisotopic (exact) mass is 482 g/mol. The first-order valence-corrected chi connectivity index (χ1v) is 13.4. The average Bonchev–Trinajstić information content (AvgIpc) is 3.42. The second-order valence-electron chi connectivity index (χ2n) is 9.49. The summed E-state index contributed by atoms with van der Waals surface area (Å²) < 4.78 is 0. The van der Waals surface area contributed by atoms with Crippen LogP contribution in [-0.4, -0.2) is 53.9 Å². The smallest absolute Gasteiger partial charge is 0.157 e. The highest BCUT2D eigenvalue weighted by molar-refractivity contribution is 7.10. The van der Waals surface area contributed by atoms with Crippen molar-refractivity contribution in [2.24, 2.45) is 0 Å². The molecule has 2 aliphatic rings. The molecule has 4 heterocycles. The molecule has 6 heteroatoms. The van der Waals surface area contributed by atoms with Crippen LogP contribution in [0.25, 0.3) is 10.8 Å². The summed E-state index contributed by atoms with van der Waals surface area (Å²) in [5, 5.41) is 8.21. The number of anilines is 2. The van der Waals surface area contributed by atoms with Crippen molar-refractivity contribution >= 4 is 39.4 Å². The predicted octanol–water partition coefficient (Wildman–Crippen LogP) is 5.03. The van der Waals surface area contributed by atoms with Crippen LogP contribution in [0.3, 0.4) is 0 Å². The number of nitrogens with zero attached hydrogens (tertiary/aromatic N) is 3. The molecule has 0 saturated carbocycles. The highest BCUT2D eigenvalue weighted by Crippen LogP contribution is 2.30. The van der Waals surface area contributed by atoms with Crippen LogP contribution in [-0.2, 0) is 17.6 Å². The lowest BCUT2D eigenvalue weighted by Gasteiger charge is -2.43. The summed E-state index contributed by atoms with van der Waals surface area (Å²) in [6.45, 7) is 3.44. The van der Waals surface area contributed by atoms with E-state index in [2.05, 4.69) is 81.2 Å². The molecule has 1 saturated heterocycles. The van der Waals surface area contributed by atoms with Gasteiger partial charge in [-0.3, -0.25) is 9.69 Å². The lowest BCUT2D eigenvalue weighted by molar-refractivity contribution is -0.124. The summed E-state index contributed by atoms with van der Waals surface area (Å²) in [5.74, 6) is 1.37. The summed E-state index contributed by atoms with van der Waals surface area (Å²) in [4.78, 5) is 24.4. The third kappa shape index (κ3) is 4.56. The number of benzene rings is 2. The fourth-order valence-electron chi connectivity index (χ4n) is 5.64. The molecule has 6 rings (SSSR count). The van der Waals surface area contributed by atoms with Gasteiger partial charge in [0.25, 0.3) is 0 Å². The Morgan fingerprint density at radius 3 is 2.69 bits per heavy atom. The number of ketones is 1. The van der Waals surface area contributed by atoms with Gasteiger partial charge in [0.2, 0.25) is 0 Å². The predicted molar refractivity (Wildman–Crippen MR) is 145 cm³/mol. The Balaban J connectivity index is 1.23. The van der Waals surface area contributed by atoms with Gasteiger partial charge in [0.15, 0.2) is 5.78 Å². The molecule has 2 unspecified atom stereocenters. The Hall–Kier alpha value is -3.22. The molecule has 35 heavy (non-hydrogen) atoms. The van der Waals surface area contributed by atoms with Crippen LogP contribution >= 0.6 is 11.3 Å². The van der Waals surface area contributed by atoms with E-state index < -0.39 is 0 Å². The highest BCUT2D eigenvalue weighted by Gasteiger charge is 2.37. The summed E-state index contributed by atoms with van der Waals surface area (Å²) >= 11 is 1.67. The number of piperazine rings is 1. The fraction of sp³-hybridized carbons (Fsp3) is 0.310. The van der Waals surface area contributed by atoms with E-state index in [0.717, 1.165) is 49.7 Å². The minimum atomic E-state index is -0.131. The first kappa shape index (κ1) is 22.3. The van der Waals surface area contributed by atoms with Crippen LogP contribution in [0.5, 0.6) is 0 Å². The Bertz CT molecular complexity index is 1310. The average molecular weight is 483 g/mol. The number of carbonyl (C=O) groups excluding carboxylic acids is 1. The van der Waals surface area contributed by atoms with Gasteiger partial charge in [0.1, 0.15) is 5.82 Å². The van der Waals surface area contributed by atoms with Crippen LogP contribution in [0.4, 0.5) is 11.5 Å². The van der Waals surface area contributed by atoms with E-state index in [-0.39, 0.29) is 12.1 Å². The maximum atomic E-state index is 13.7. The van der Waals surface area contributed by atoms with Crippen LogP contribution < -0.4 is 10.2 Å². The van der Waals surface area contributed by atoms with Gasteiger partial charge in [-0.2, -0.15) is 0 Å². The Morgan fingerprint density at radius 2 is 1.83 bits per heavy atom. The van der Waals surface area contributed by atoms with Crippen molar-refractivity contribution in [2.45, 2.75) is 31.3 Å². The molecule has 2 aliphatic heterocycles. The van der Waals surface area contributed by atoms with Crippen molar-refractivity contribution in [3.05, 3.63) is 88.7 Å². The number of hydrogen-bond acceptors (Lipinski definition) is 6. The molecule has 0 aliphatic carbocycles. The van der Waals surface area contributed by atoms with Gasteiger partial charge in [0, 0.05) is 60.8 Å². The highest BCUT2D eigenvalue weighted by atomic mass is 32.1. The molecule has 2 aromatic carbocycles. The van der Waals surface area contributed by atoms with Crippen molar-refractivity contribution in [3.8, 4) is 0 Å². The SMILES string of the molecule is O=C(Cc1cccs1)C(C1CCc2ccccc2N1)N1CCN(c2nccc3ccccc23)CC1. The van der Waals surface area contributed by atoms with Crippen molar-refractivity contribution in [1.29, 1.82) is 0 Å². The zero-order valence-electron chi connectivity index (χ0n) is 19.8. The fourth-order valence-corrected chi connectivity index (χ4v) is 6.35. The number of aromatic nitrogens is 1. The van der Waals surface area contributed by atoms with Gasteiger partial charge < -0.3 is 10.2 Å². The lowest BCUT2D eigenvalue weighted by atomic mass is 9.89. The lowest BCUT2D eigenvalue weighted by Crippen LogP contribution is -2.59. The van der Waals surface area contributed by atoms with Crippen molar-refractivity contribution in [3.63, 3.8) is 0 Å².